The van der Waals surface area contributed by atoms with Crippen molar-refractivity contribution in [2.75, 3.05) is 19.3 Å². The standard InChI is InChI=1S/C8H16N2OS/c1-12(11)10-5-7(9)8(6-10)3-2-4-8/h7H,2-6,9H2,1H3. The number of hydrogen-bond donors (Lipinski definition) is 1. The van der Waals surface area contributed by atoms with E-state index in [-0.39, 0.29) is 6.04 Å². The molecular weight excluding hydrogens is 172 g/mol. The van der Waals surface area contributed by atoms with Crippen molar-refractivity contribution >= 4 is 11.0 Å². The van der Waals surface area contributed by atoms with Crippen LogP contribution in [-0.4, -0.2) is 33.9 Å². The molecule has 0 aromatic heterocycles. The zero-order valence-corrected chi connectivity index (χ0v) is 8.27. The fraction of sp³-hybridized carbons (Fsp3) is 1.00. The molecule has 12 heavy (non-hydrogen) atoms. The maximum atomic E-state index is 11.2. The number of nitrogens with two attached hydrogens (primary N) is 1. The zero-order chi connectivity index (χ0) is 8.77. The van der Waals surface area contributed by atoms with Crippen LogP contribution in [0.15, 0.2) is 0 Å². The van der Waals surface area contributed by atoms with Crippen molar-refractivity contribution < 1.29 is 4.21 Å². The van der Waals surface area contributed by atoms with Crippen molar-refractivity contribution in [3.05, 3.63) is 0 Å². The Balaban J connectivity index is 2.07. The Morgan fingerprint density at radius 2 is 2.25 bits per heavy atom. The molecule has 2 unspecified atom stereocenters. The summed E-state index contributed by atoms with van der Waals surface area (Å²) in [5.41, 5.74) is 6.37. The first-order valence-electron chi connectivity index (χ1n) is 4.48. The summed E-state index contributed by atoms with van der Waals surface area (Å²) >= 11 is 0. The lowest BCUT2D eigenvalue weighted by atomic mass is 9.66. The Morgan fingerprint density at radius 3 is 2.50 bits per heavy atom. The van der Waals surface area contributed by atoms with Gasteiger partial charge in [-0.3, -0.25) is 0 Å². The lowest BCUT2D eigenvalue weighted by Gasteiger charge is -2.41. The molecule has 0 bridgehead atoms. The predicted octanol–water partition coefficient (Wildman–Crippen LogP) is 0.0931. The largest absolute Gasteiger partial charge is 0.326 e. The summed E-state index contributed by atoms with van der Waals surface area (Å²) in [5.74, 6) is 0. The van der Waals surface area contributed by atoms with Gasteiger partial charge in [0, 0.05) is 30.8 Å². The van der Waals surface area contributed by atoms with Crippen LogP contribution >= 0.6 is 0 Å². The number of hydrogen-bond acceptors (Lipinski definition) is 2. The number of nitrogens with zero attached hydrogens (tertiary/aromatic N) is 1. The van der Waals surface area contributed by atoms with Crippen molar-refractivity contribution in [1.82, 2.24) is 4.31 Å². The maximum absolute atomic E-state index is 11.2. The van der Waals surface area contributed by atoms with E-state index in [1.807, 2.05) is 4.31 Å². The molecule has 0 aromatic carbocycles. The van der Waals surface area contributed by atoms with Crippen LogP contribution in [0.5, 0.6) is 0 Å². The molecule has 0 radical (unpaired) electrons. The van der Waals surface area contributed by atoms with E-state index in [1.54, 1.807) is 6.26 Å². The third kappa shape index (κ3) is 1.13. The lowest BCUT2D eigenvalue weighted by Crippen LogP contribution is -2.45. The van der Waals surface area contributed by atoms with Gasteiger partial charge in [-0.15, -0.1) is 0 Å². The van der Waals surface area contributed by atoms with E-state index in [0.29, 0.717) is 5.41 Å². The molecule has 0 aromatic rings. The molecule has 0 amide bonds. The quantitative estimate of drug-likeness (QED) is 0.634. The van der Waals surface area contributed by atoms with Crippen molar-refractivity contribution in [2.45, 2.75) is 25.3 Å². The highest BCUT2D eigenvalue weighted by molar-refractivity contribution is 7.81. The highest BCUT2D eigenvalue weighted by Crippen LogP contribution is 2.47. The third-order valence-electron chi connectivity index (χ3n) is 3.39. The minimum Gasteiger partial charge on any atom is -0.326 e. The molecule has 2 rings (SSSR count). The SMILES string of the molecule is CS(=O)N1CC(N)C2(CCC2)C1. The van der Waals surface area contributed by atoms with Gasteiger partial charge in [0.1, 0.15) is 0 Å². The second-order valence-corrected chi connectivity index (χ2v) is 5.43. The average Bonchev–Trinajstić information content (AvgIpc) is 2.25. The summed E-state index contributed by atoms with van der Waals surface area (Å²) in [6.07, 6.45) is 5.52. The van der Waals surface area contributed by atoms with Gasteiger partial charge < -0.3 is 5.73 Å². The van der Waals surface area contributed by atoms with Crippen LogP contribution in [0.25, 0.3) is 0 Å². The van der Waals surface area contributed by atoms with E-state index in [2.05, 4.69) is 0 Å². The summed E-state index contributed by atoms with van der Waals surface area (Å²) < 4.78 is 13.2. The van der Waals surface area contributed by atoms with Gasteiger partial charge in [-0.2, -0.15) is 0 Å². The first-order valence-corrected chi connectivity index (χ1v) is 6.00. The average molecular weight is 188 g/mol. The first-order chi connectivity index (χ1) is 5.64. The molecule has 2 aliphatic rings. The second kappa shape index (κ2) is 2.79. The van der Waals surface area contributed by atoms with E-state index < -0.39 is 11.0 Å². The highest BCUT2D eigenvalue weighted by Gasteiger charge is 2.49. The molecule has 2 N–H and O–H groups in total. The smallest absolute Gasteiger partial charge is 0.0911 e. The Morgan fingerprint density at radius 1 is 1.58 bits per heavy atom. The number of rotatable bonds is 1. The van der Waals surface area contributed by atoms with Gasteiger partial charge in [0.15, 0.2) is 0 Å². The van der Waals surface area contributed by atoms with Gasteiger partial charge in [0.05, 0.1) is 11.0 Å². The monoisotopic (exact) mass is 188 g/mol. The highest BCUT2D eigenvalue weighted by atomic mass is 32.2. The van der Waals surface area contributed by atoms with Crippen LogP contribution in [0.4, 0.5) is 0 Å². The van der Waals surface area contributed by atoms with Gasteiger partial charge in [-0.1, -0.05) is 6.42 Å². The van der Waals surface area contributed by atoms with Gasteiger partial charge in [0.25, 0.3) is 0 Å². The second-order valence-electron chi connectivity index (χ2n) is 4.07. The summed E-state index contributed by atoms with van der Waals surface area (Å²) in [5, 5.41) is 0. The molecule has 3 nitrogen and oxygen atoms in total. The van der Waals surface area contributed by atoms with Gasteiger partial charge in [-0.25, -0.2) is 8.51 Å². The third-order valence-corrected chi connectivity index (χ3v) is 4.40. The minimum absolute atomic E-state index is 0.259. The van der Waals surface area contributed by atoms with Crippen LogP contribution in [0, 0.1) is 5.41 Å². The molecule has 2 atom stereocenters. The zero-order valence-electron chi connectivity index (χ0n) is 7.45. The van der Waals surface area contributed by atoms with Crippen molar-refractivity contribution in [3.8, 4) is 0 Å². The van der Waals surface area contributed by atoms with E-state index in [0.717, 1.165) is 13.1 Å². The van der Waals surface area contributed by atoms with Crippen LogP contribution in [0.2, 0.25) is 0 Å². The predicted molar refractivity (Wildman–Crippen MR) is 49.9 cm³/mol. The molecule has 1 spiro atoms. The summed E-state index contributed by atoms with van der Waals surface area (Å²) in [7, 11) is -0.823. The minimum atomic E-state index is -0.823. The first kappa shape index (κ1) is 8.66. The Kier molecular flexibility index (Phi) is 2.01. The van der Waals surface area contributed by atoms with Crippen LogP contribution in [0.1, 0.15) is 19.3 Å². The lowest BCUT2D eigenvalue weighted by molar-refractivity contribution is 0.133. The van der Waals surface area contributed by atoms with Crippen molar-refractivity contribution in [3.63, 3.8) is 0 Å². The Hall–Kier alpha value is 0.0700. The van der Waals surface area contributed by atoms with Crippen molar-refractivity contribution in [2.24, 2.45) is 11.1 Å². The van der Waals surface area contributed by atoms with Crippen molar-refractivity contribution in [1.29, 1.82) is 0 Å². The maximum Gasteiger partial charge on any atom is 0.0911 e. The summed E-state index contributed by atoms with van der Waals surface area (Å²) in [6, 6.07) is 0.259. The molecule has 1 aliphatic heterocycles. The Bertz CT molecular complexity index is 215. The van der Waals surface area contributed by atoms with E-state index >= 15 is 0 Å². The van der Waals surface area contributed by atoms with Gasteiger partial charge in [-0.05, 0) is 12.8 Å². The molecule has 1 saturated carbocycles. The van der Waals surface area contributed by atoms with E-state index in [9.17, 15) is 4.21 Å². The fourth-order valence-corrected chi connectivity index (χ4v) is 3.11. The molecule has 70 valence electrons. The van der Waals surface area contributed by atoms with E-state index in [1.165, 1.54) is 19.3 Å². The topological polar surface area (TPSA) is 46.3 Å². The van der Waals surface area contributed by atoms with Gasteiger partial charge in [0.2, 0.25) is 0 Å². The van der Waals surface area contributed by atoms with E-state index in [4.69, 9.17) is 5.73 Å². The molecule has 1 saturated heterocycles. The normalized spacial score (nSPS) is 36.7. The molecule has 2 fully saturated rings. The molecule has 1 heterocycles. The van der Waals surface area contributed by atoms with Crippen LogP contribution in [0.3, 0.4) is 0 Å². The summed E-state index contributed by atoms with van der Waals surface area (Å²) in [6.45, 7) is 1.78. The van der Waals surface area contributed by atoms with Crippen LogP contribution < -0.4 is 5.73 Å². The fourth-order valence-electron chi connectivity index (χ4n) is 2.30. The van der Waals surface area contributed by atoms with Crippen LogP contribution in [-0.2, 0) is 11.0 Å². The Labute approximate surface area is 75.9 Å². The molecule has 1 aliphatic carbocycles. The molecule has 4 heteroatoms. The van der Waals surface area contributed by atoms with Gasteiger partial charge >= 0.3 is 0 Å². The summed E-state index contributed by atoms with van der Waals surface area (Å²) in [4.78, 5) is 0. The molecular formula is C8H16N2OS.